The van der Waals surface area contributed by atoms with Gasteiger partial charge >= 0.3 is 0 Å². The molecule has 0 spiro atoms. The van der Waals surface area contributed by atoms with Gasteiger partial charge < -0.3 is 20.9 Å². The summed E-state index contributed by atoms with van der Waals surface area (Å²) in [6.07, 6.45) is 3.45. The molecule has 1 atom stereocenters. The number of aromatic hydroxyl groups is 1. The van der Waals surface area contributed by atoms with Crippen molar-refractivity contribution in [2.45, 2.75) is 18.9 Å². The van der Waals surface area contributed by atoms with Gasteiger partial charge in [0.05, 0.1) is 23.4 Å². The fraction of sp³-hybridized carbons (Fsp3) is 0.217. The SMILES string of the molecule is Nc1c(C(=O)NCC2CCCO2)c2nc3ccccc3nc2n1N=Cc1cccc(O)c1. The smallest absolute Gasteiger partial charge is 0.257 e. The summed E-state index contributed by atoms with van der Waals surface area (Å²) >= 11 is 0. The molecule has 9 heteroatoms. The van der Waals surface area contributed by atoms with Crippen molar-refractivity contribution in [1.82, 2.24) is 20.0 Å². The summed E-state index contributed by atoms with van der Waals surface area (Å²) in [6.45, 7) is 1.11. The lowest BCUT2D eigenvalue weighted by molar-refractivity contribution is 0.0859. The van der Waals surface area contributed by atoms with E-state index in [1.165, 1.54) is 4.68 Å². The minimum atomic E-state index is -0.348. The number of carbonyl (C=O) groups is 1. The average molecular weight is 430 g/mol. The zero-order valence-electron chi connectivity index (χ0n) is 17.2. The predicted octanol–water partition coefficient (Wildman–Crippen LogP) is 2.66. The molecule has 0 saturated carbocycles. The topological polar surface area (TPSA) is 128 Å². The summed E-state index contributed by atoms with van der Waals surface area (Å²) in [4.78, 5) is 22.4. The van der Waals surface area contributed by atoms with Crippen molar-refractivity contribution in [1.29, 1.82) is 0 Å². The predicted molar refractivity (Wildman–Crippen MR) is 122 cm³/mol. The van der Waals surface area contributed by atoms with E-state index in [0.717, 1.165) is 12.8 Å². The minimum Gasteiger partial charge on any atom is -0.508 e. The Hall–Kier alpha value is -3.98. The Kier molecular flexibility index (Phi) is 5.16. The second kappa shape index (κ2) is 8.27. The van der Waals surface area contributed by atoms with Crippen molar-refractivity contribution in [3.63, 3.8) is 0 Å². The Morgan fingerprint density at radius 3 is 2.81 bits per heavy atom. The zero-order chi connectivity index (χ0) is 22.1. The van der Waals surface area contributed by atoms with Crippen LogP contribution >= 0.6 is 0 Å². The van der Waals surface area contributed by atoms with Crippen molar-refractivity contribution < 1.29 is 14.6 Å². The van der Waals surface area contributed by atoms with Crippen LogP contribution in [0.1, 0.15) is 28.8 Å². The van der Waals surface area contributed by atoms with E-state index in [1.54, 1.807) is 30.5 Å². The summed E-state index contributed by atoms with van der Waals surface area (Å²) in [6, 6.07) is 14.1. The number of phenols is 1. The molecule has 1 amide bonds. The molecule has 0 radical (unpaired) electrons. The highest BCUT2D eigenvalue weighted by atomic mass is 16.5. The van der Waals surface area contributed by atoms with Crippen molar-refractivity contribution >= 4 is 40.1 Å². The number of hydrogen-bond acceptors (Lipinski definition) is 7. The summed E-state index contributed by atoms with van der Waals surface area (Å²) in [5.41, 5.74) is 9.35. The van der Waals surface area contributed by atoms with E-state index >= 15 is 0 Å². The molecular weight excluding hydrogens is 408 g/mol. The maximum atomic E-state index is 13.1. The highest BCUT2D eigenvalue weighted by Crippen LogP contribution is 2.28. The van der Waals surface area contributed by atoms with Gasteiger partial charge in [0.1, 0.15) is 22.6 Å². The molecule has 0 bridgehead atoms. The molecule has 4 aromatic rings. The number of aromatic nitrogens is 3. The van der Waals surface area contributed by atoms with Crippen molar-refractivity contribution in [3.05, 3.63) is 59.7 Å². The molecule has 5 rings (SSSR count). The second-order valence-corrected chi connectivity index (χ2v) is 7.64. The van der Waals surface area contributed by atoms with Gasteiger partial charge in [0.25, 0.3) is 5.91 Å². The molecule has 1 saturated heterocycles. The number of phenolic OH excluding ortho intramolecular Hbond substituents is 1. The van der Waals surface area contributed by atoms with Gasteiger partial charge in [-0.05, 0) is 42.7 Å². The van der Waals surface area contributed by atoms with Crippen LogP contribution in [0.3, 0.4) is 0 Å². The number of anilines is 1. The highest BCUT2D eigenvalue weighted by molar-refractivity contribution is 6.10. The Morgan fingerprint density at radius 1 is 1.25 bits per heavy atom. The van der Waals surface area contributed by atoms with Crippen LogP contribution in [-0.4, -0.2) is 51.1 Å². The number of hydrogen-bond donors (Lipinski definition) is 3. The molecule has 9 nitrogen and oxygen atoms in total. The maximum absolute atomic E-state index is 13.1. The molecule has 32 heavy (non-hydrogen) atoms. The van der Waals surface area contributed by atoms with E-state index in [-0.39, 0.29) is 29.1 Å². The van der Waals surface area contributed by atoms with Crippen molar-refractivity contribution in [3.8, 4) is 5.75 Å². The van der Waals surface area contributed by atoms with E-state index in [1.807, 2.05) is 24.3 Å². The number of nitrogens with two attached hydrogens (primary N) is 1. The number of nitrogens with zero attached hydrogens (tertiary/aromatic N) is 4. The van der Waals surface area contributed by atoms with E-state index in [4.69, 9.17) is 10.5 Å². The third-order valence-corrected chi connectivity index (χ3v) is 5.41. The maximum Gasteiger partial charge on any atom is 0.257 e. The number of para-hydroxylation sites is 2. The van der Waals surface area contributed by atoms with Gasteiger partial charge in [0, 0.05) is 13.2 Å². The molecular formula is C23H22N6O3. The fourth-order valence-electron chi connectivity index (χ4n) is 3.82. The Bertz CT molecular complexity index is 1340. The number of nitrogens with one attached hydrogen (secondary N) is 1. The van der Waals surface area contributed by atoms with E-state index < -0.39 is 0 Å². The van der Waals surface area contributed by atoms with Crippen LogP contribution in [0, 0.1) is 0 Å². The number of benzene rings is 2. The van der Waals surface area contributed by atoms with Gasteiger partial charge in [0.15, 0.2) is 5.65 Å². The lowest BCUT2D eigenvalue weighted by Crippen LogP contribution is -2.32. The monoisotopic (exact) mass is 430 g/mol. The van der Waals surface area contributed by atoms with Crippen LogP contribution in [0.2, 0.25) is 0 Å². The summed E-state index contributed by atoms with van der Waals surface area (Å²) in [5.74, 6) is -0.0882. The Morgan fingerprint density at radius 2 is 2.06 bits per heavy atom. The molecule has 1 aliphatic heterocycles. The van der Waals surface area contributed by atoms with Gasteiger partial charge in [-0.3, -0.25) is 4.79 Å². The molecule has 1 fully saturated rings. The molecule has 4 N–H and O–H groups in total. The van der Waals surface area contributed by atoms with Crippen LogP contribution in [0.5, 0.6) is 5.75 Å². The van der Waals surface area contributed by atoms with Crippen LogP contribution in [-0.2, 0) is 4.74 Å². The minimum absolute atomic E-state index is 0.00391. The number of fused-ring (bicyclic) bond motifs is 2. The van der Waals surface area contributed by atoms with Gasteiger partial charge in [-0.1, -0.05) is 24.3 Å². The van der Waals surface area contributed by atoms with Gasteiger partial charge in [0.2, 0.25) is 0 Å². The van der Waals surface area contributed by atoms with E-state index in [2.05, 4.69) is 20.4 Å². The number of amides is 1. The first-order valence-electron chi connectivity index (χ1n) is 10.4. The molecule has 0 aliphatic carbocycles. The molecule has 2 aromatic heterocycles. The average Bonchev–Trinajstić information content (AvgIpc) is 3.40. The third kappa shape index (κ3) is 3.74. The number of carbonyl (C=O) groups excluding carboxylic acids is 1. The number of ether oxygens (including phenoxy) is 1. The fourth-order valence-corrected chi connectivity index (χ4v) is 3.82. The Balaban J connectivity index is 1.59. The van der Waals surface area contributed by atoms with Gasteiger partial charge in [-0.25, -0.2) is 9.97 Å². The number of nitrogen functional groups attached to an aromatic ring is 1. The van der Waals surface area contributed by atoms with Crippen LogP contribution in [0.15, 0.2) is 53.6 Å². The van der Waals surface area contributed by atoms with Gasteiger partial charge in [-0.15, -0.1) is 0 Å². The summed E-state index contributed by atoms with van der Waals surface area (Å²) < 4.78 is 7.00. The molecule has 3 heterocycles. The van der Waals surface area contributed by atoms with Crippen LogP contribution in [0.4, 0.5) is 5.82 Å². The van der Waals surface area contributed by atoms with Crippen LogP contribution < -0.4 is 11.1 Å². The normalized spacial score (nSPS) is 16.3. The number of rotatable bonds is 5. The standard InChI is InChI=1S/C23H22N6O3/c24-21-19(23(31)25-13-16-7-4-10-32-16)20-22(28-18-9-2-1-8-17(18)27-20)29(21)26-12-14-5-3-6-15(30)11-14/h1-3,5-6,8-9,11-12,16,30H,4,7,10,13,24H2,(H,25,31). The zero-order valence-corrected chi connectivity index (χ0v) is 17.2. The molecule has 1 aliphatic rings. The first-order valence-corrected chi connectivity index (χ1v) is 10.4. The third-order valence-electron chi connectivity index (χ3n) is 5.41. The molecule has 1 unspecified atom stereocenters. The molecule has 2 aromatic carbocycles. The van der Waals surface area contributed by atoms with Crippen LogP contribution in [0.25, 0.3) is 22.2 Å². The molecule has 162 valence electrons. The lowest BCUT2D eigenvalue weighted by atomic mass is 10.2. The lowest BCUT2D eigenvalue weighted by Gasteiger charge is -2.10. The quantitative estimate of drug-likeness (QED) is 0.418. The summed E-state index contributed by atoms with van der Waals surface area (Å²) in [7, 11) is 0. The van der Waals surface area contributed by atoms with E-state index in [0.29, 0.717) is 40.9 Å². The largest absolute Gasteiger partial charge is 0.508 e. The second-order valence-electron chi connectivity index (χ2n) is 7.64. The van der Waals surface area contributed by atoms with Crippen molar-refractivity contribution in [2.75, 3.05) is 18.9 Å². The first kappa shape index (κ1) is 20.0. The van der Waals surface area contributed by atoms with Crippen molar-refractivity contribution in [2.24, 2.45) is 5.10 Å². The summed E-state index contributed by atoms with van der Waals surface area (Å²) in [5, 5.41) is 17.0. The van der Waals surface area contributed by atoms with Gasteiger partial charge in [-0.2, -0.15) is 9.78 Å². The Labute approximate surface area is 183 Å². The van der Waals surface area contributed by atoms with E-state index in [9.17, 15) is 9.90 Å². The highest BCUT2D eigenvalue weighted by Gasteiger charge is 2.25. The first-order chi connectivity index (χ1) is 15.6.